The molecule has 0 aliphatic rings. The molecule has 0 heterocycles. The third-order valence-electron chi connectivity index (χ3n) is 5.63. The molecule has 3 rings (SSSR count). The van der Waals surface area contributed by atoms with E-state index in [2.05, 4.69) is 5.32 Å². The molecule has 2 amide bonds. The van der Waals surface area contributed by atoms with Crippen molar-refractivity contribution in [1.29, 1.82) is 0 Å². The first kappa shape index (κ1) is 26.3. The summed E-state index contributed by atoms with van der Waals surface area (Å²) in [5.74, 6) is 0.105. The van der Waals surface area contributed by atoms with Crippen LogP contribution >= 0.6 is 11.6 Å². The van der Waals surface area contributed by atoms with Crippen LogP contribution in [0.4, 0.5) is 0 Å². The van der Waals surface area contributed by atoms with Crippen molar-refractivity contribution in [1.82, 2.24) is 10.2 Å². The van der Waals surface area contributed by atoms with Crippen molar-refractivity contribution in [2.24, 2.45) is 0 Å². The van der Waals surface area contributed by atoms with E-state index in [1.165, 1.54) is 0 Å². The van der Waals surface area contributed by atoms with E-state index in [1.807, 2.05) is 82.3 Å². The van der Waals surface area contributed by atoms with E-state index in [-0.39, 0.29) is 24.5 Å². The van der Waals surface area contributed by atoms with Gasteiger partial charge in [0, 0.05) is 24.0 Å². The predicted molar refractivity (Wildman–Crippen MR) is 141 cm³/mol. The maximum atomic E-state index is 13.6. The van der Waals surface area contributed by atoms with Crippen LogP contribution in [-0.4, -0.2) is 35.4 Å². The predicted octanol–water partition coefficient (Wildman–Crippen LogP) is 5.50. The molecule has 1 atom stereocenters. The summed E-state index contributed by atoms with van der Waals surface area (Å²) in [7, 11) is 0. The largest absolute Gasteiger partial charge is 0.484 e. The Morgan fingerprint density at radius 1 is 0.943 bits per heavy atom. The number of hydrogen-bond acceptors (Lipinski definition) is 3. The molecule has 0 aliphatic carbocycles. The molecule has 3 aromatic carbocycles. The molecule has 35 heavy (non-hydrogen) atoms. The first-order valence-electron chi connectivity index (χ1n) is 11.8. The summed E-state index contributed by atoms with van der Waals surface area (Å²) in [5.41, 5.74) is 3.89. The Labute approximate surface area is 213 Å². The zero-order chi connectivity index (χ0) is 25.4. The van der Waals surface area contributed by atoms with E-state index in [4.69, 9.17) is 16.3 Å². The number of benzene rings is 3. The van der Waals surface area contributed by atoms with Gasteiger partial charge in [-0.3, -0.25) is 9.59 Å². The molecule has 184 valence electrons. The molecule has 0 radical (unpaired) electrons. The first-order chi connectivity index (χ1) is 16.7. The van der Waals surface area contributed by atoms with Gasteiger partial charge in [-0.25, -0.2) is 0 Å². The Kier molecular flexibility index (Phi) is 9.32. The Morgan fingerprint density at radius 3 is 2.31 bits per heavy atom. The monoisotopic (exact) mass is 492 g/mol. The van der Waals surface area contributed by atoms with Crippen LogP contribution in [-0.2, 0) is 22.6 Å². The lowest BCUT2D eigenvalue weighted by atomic mass is 10.0. The highest BCUT2D eigenvalue weighted by molar-refractivity contribution is 6.31. The third-order valence-corrected chi connectivity index (χ3v) is 6.05. The molecule has 3 aromatic rings. The van der Waals surface area contributed by atoms with E-state index in [0.29, 0.717) is 23.7 Å². The van der Waals surface area contributed by atoms with Crippen molar-refractivity contribution in [3.05, 3.63) is 100 Å². The maximum absolute atomic E-state index is 13.6. The second-order valence-electron chi connectivity index (χ2n) is 9.08. The molecule has 0 fully saturated rings. The zero-order valence-corrected chi connectivity index (χ0v) is 21.5. The van der Waals surface area contributed by atoms with Gasteiger partial charge in [-0.05, 0) is 62.6 Å². The number of ether oxygens (including phenoxy) is 1. The van der Waals surface area contributed by atoms with Crippen LogP contribution in [0.5, 0.6) is 5.75 Å². The summed E-state index contributed by atoms with van der Waals surface area (Å²) in [5, 5.41) is 3.63. The van der Waals surface area contributed by atoms with Crippen LogP contribution in [0.25, 0.3) is 0 Å². The van der Waals surface area contributed by atoms with Gasteiger partial charge < -0.3 is 15.0 Å². The van der Waals surface area contributed by atoms with E-state index in [0.717, 1.165) is 22.3 Å². The summed E-state index contributed by atoms with van der Waals surface area (Å²) < 4.78 is 5.83. The highest BCUT2D eigenvalue weighted by atomic mass is 35.5. The molecule has 0 aromatic heterocycles. The number of nitrogens with one attached hydrogen (secondary N) is 1. The SMILES string of the molecule is Cc1cccc(CN(C(=O)COc2ccc(Cl)c(C)c2)[C@H](Cc2ccccc2)C(=O)NC(C)C)c1. The van der Waals surface area contributed by atoms with Gasteiger partial charge >= 0.3 is 0 Å². The van der Waals surface area contributed by atoms with E-state index in [9.17, 15) is 9.59 Å². The molecule has 0 aliphatic heterocycles. The minimum absolute atomic E-state index is 0.0509. The minimum Gasteiger partial charge on any atom is -0.484 e. The average molecular weight is 493 g/mol. The number of carbonyl (C=O) groups is 2. The van der Waals surface area contributed by atoms with Crippen LogP contribution in [0.3, 0.4) is 0 Å². The van der Waals surface area contributed by atoms with Crippen LogP contribution in [0.15, 0.2) is 72.8 Å². The summed E-state index contributed by atoms with van der Waals surface area (Å²) in [6, 6.07) is 22.3. The quantitative estimate of drug-likeness (QED) is 0.406. The van der Waals surface area contributed by atoms with Crippen molar-refractivity contribution in [2.75, 3.05) is 6.61 Å². The maximum Gasteiger partial charge on any atom is 0.261 e. The fourth-order valence-electron chi connectivity index (χ4n) is 3.88. The fraction of sp³-hybridized carbons (Fsp3) is 0.310. The van der Waals surface area contributed by atoms with Gasteiger partial charge in [-0.15, -0.1) is 0 Å². The summed E-state index contributed by atoms with van der Waals surface area (Å²) >= 11 is 6.12. The van der Waals surface area contributed by atoms with Gasteiger partial charge in [0.2, 0.25) is 5.91 Å². The van der Waals surface area contributed by atoms with Gasteiger partial charge in [0.05, 0.1) is 0 Å². The smallest absolute Gasteiger partial charge is 0.261 e. The number of amides is 2. The van der Waals surface area contributed by atoms with E-state index >= 15 is 0 Å². The second kappa shape index (κ2) is 12.4. The molecule has 0 spiro atoms. The topological polar surface area (TPSA) is 58.6 Å². The van der Waals surface area contributed by atoms with Crippen LogP contribution in [0.2, 0.25) is 5.02 Å². The Bertz CT molecular complexity index is 1150. The molecule has 0 unspecified atom stereocenters. The number of aryl methyl sites for hydroxylation is 2. The number of hydrogen-bond donors (Lipinski definition) is 1. The Morgan fingerprint density at radius 2 is 1.66 bits per heavy atom. The molecule has 0 saturated carbocycles. The molecule has 6 heteroatoms. The molecule has 1 N–H and O–H groups in total. The van der Waals surface area contributed by atoms with Gasteiger partial charge in [0.25, 0.3) is 5.91 Å². The number of nitrogens with zero attached hydrogens (tertiary/aromatic N) is 1. The van der Waals surface area contributed by atoms with Gasteiger partial charge in [-0.1, -0.05) is 71.8 Å². The lowest BCUT2D eigenvalue weighted by molar-refractivity contribution is -0.143. The second-order valence-corrected chi connectivity index (χ2v) is 9.49. The summed E-state index contributed by atoms with van der Waals surface area (Å²) in [4.78, 5) is 28.6. The molecular weight excluding hydrogens is 460 g/mol. The fourth-order valence-corrected chi connectivity index (χ4v) is 3.99. The van der Waals surface area contributed by atoms with Crippen molar-refractivity contribution in [3.63, 3.8) is 0 Å². The Balaban J connectivity index is 1.91. The summed E-state index contributed by atoms with van der Waals surface area (Å²) in [6.07, 6.45) is 0.400. The lowest BCUT2D eigenvalue weighted by Gasteiger charge is -2.32. The Hall–Kier alpha value is -3.31. The normalized spacial score (nSPS) is 11.7. The molecule has 0 bridgehead atoms. The van der Waals surface area contributed by atoms with Crippen molar-refractivity contribution >= 4 is 23.4 Å². The first-order valence-corrected chi connectivity index (χ1v) is 12.2. The van der Waals surface area contributed by atoms with Gasteiger partial charge in [0.1, 0.15) is 11.8 Å². The van der Waals surface area contributed by atoms with Crippen molar-refractivity contribution < 1.29 is 14.3 Å². The van der Waals surface area contributed by atoms with Gasteiger partial charge in [0.15, 0.2) is 6.61 Å². The number of rotatable bonds is 10. The summed E-state index contributed by atoms with van der Waals surface area (Å²) in [6.45, 7) is 7.83. The number of halogens is 1. The average Bonchev–Trinajstić information content (AvgIpc) is 2.82. The van der Waals surface area contributed by atoms with E-state index < -0.39 is 6.04 Å². The van der Waals surface area contributed by atoms with Crippen molar-refractivity contribution in [3.8, 4) is 5.75 Å². The minimum atomic E-state index is -0.691. The highest BCUT2D eigenvalue weighted by Crippen LogP contribution is 2.22. The van der Waals surface area contributed by atoms with Crippen LogP contribution < -0.4 is 10.1 Å². The highest BCUT2D eigenvalue weighted by Gasteiger charge is 2.31. The molecule has 0 saturated heterocycles. The van der Waals surface area contributed by atoms with Gasteiger partial charge in [-0.2, -0.15) is 0 Å². The third kappa shape index (κ3) is 7.86. The lowest BCUT2D eigenvalue weighted by Crippen LogP contribution is -2.52. The standard InChI is InChI=1S/C29H33ClN2O3/c1-20(2)31-29(34)27(17-23-10-6-5-7-11-23)32(18-24-12-8-9-21(3)15-24)28(33)19-35-25-13-14-26(30)22(4)16-25/h5-16,20,27H,17-19H2,1-4H3,(H,31,34)/t27-/m1/s1. The van der Waals surface area contributed by atoms with E-state index in [1.54, 1.807) is 23.1 Å². The van der Waals surface area contributed by atoms with Crippen LogP contribution in [0.1, 0.15) is 36.1 Å². The molecule has 5 nitrogen and oxygen atoms in total. The van der Waals surface area contributed by atoms with Crippen molar-refractivity contribution in [2.45, 2.75) is 52.7 Å². The zero-order valence-electron chi connectivity index (χ0n) is 20.8. The number of carbonyl (C=O) groups excluding carboxylic acids is 2. The van der Waals surface area contributed by atoms with Crippen LogP contribution in [0, 0.1) is 13.8 Å². The molecular formula is C29H33ClN2O3.